The van der Waals surface area contributed by atoms with Crippen LogP contribution in [0.5, 0.6) is 11.5 Å². The Morgan fingerprint density at radius 3 is 1.91 bits per heavy atom. The standard InChI is InChI=1S/C26H39NO8/c1-17-16-20(33-19-14-12-18(31-8)13-15-19)10-9-11-21(22(28)32-17)27(23(29)34-25(2,3)4)24(30)35-26(5,6)7/h12-15,17,20-21H,9-11,16H2,1-8H3/t17?,20?,21-/m0/s1. The zero-order chi connectivity index (χ0) is 26.4. The Balaban J connectivity index is 2.23. The quantitative estimate of drug-likeness (QED) is 0.401. The van der Waals surface area contributed by atoms with E-state index in [1.807, 2.05) is 24.3 Å². The lowest BCUT2D eigenvalue weighted by Crippen LogP contribution is -2.52. The van der Waals surface area contributed by atoms with Crippen molar-refractivity contribution in [2.45, 2.75) is 104 Å². The number of methoxy groups -OCH3 is 1. The van der Waals surface area contributed by atoms with E-state index in [4.69, 9.17) is 23.7 Å². The number of carbonyl (C=O) groups excluding carboxylic acids is 3. The first kappa shape index (κ1) is 28.3. The number of nitrogens with zero attached hydrogens (tertiary/aromatic N) is 1. The molecule has 9 heteroatoms. The highest BCUT2D eigenvalue weighted by Gasteiger charge is 2.42. The molecule has 2 unspecified atom stereocenters. The van der Waals surface area contributed by atoms with E-state index in [9.17, 15) is 14.4 Å². The number of rotatable bonds is 4. The van der Waals surface area contributed by atoms with Gasteiger partial charge < -0.3 is 23.7 Å². The van der Waals surface area contributed by atoms with E-state index in [2.05, 4.69) is 0 Å². The molecular formula is C26H39NO8. The van der Waals surface area contributed by atoms with Crippen LogP contribution in [0.15, 0.2) is 24.3 Å². The summed E-state index contributed by atoms with van der Waals surface area (Å²) in [6, 6.07) is 6.07. The highest BCUT2D eigenvalue weighted by atomic mass is 16.6. The van der Waals surface area contributed by atoms with Gasteiger partial charge in [-0.3, -0.25) is 0 Å². The second kappa shape index (κ2) is 11.6. The number of cyclic esters (lactones) is 1. The first-order valence-corrected chi connectivity index (χ1v) is 11.9. The Bertz CT molecular complexity index is 841. The van der Waals surface area contributed by atoms with Gasteiger partial charge in [-0.1, -0.05) is 0 Å². The summed E-state index contributed by atoms with van der Waals surface area (Å²) in [4.78, 5) is 39.9. The zero-order valence-corrected chi connectivity index (χ0v) is 22.1. The van der Waals surface area contributed by atoms with Crippen LogP contribution in [0, 0.1) is 0 Å². The van der Waals surface area contributed by atoms with Crippen LogP contribution in [0.2, 0.25) is 0 Å². The maximum Gasteiger partial charge on any atom is 0.420 e. The van der Waals surface area contributed by atoms with Crippen LogP contribution in [0.3, 0.4) is 0 Å². The first-order valence-electron chi connectivity index (χ1n) is 11.9. The smallest absolute Gasteiger partial charge is 0.420 e. The van der Waals surface area contributed by atoms with Gasteiger partial charge in [0, 0.05) is 6.42 Å². The number of imide groups is 1. The van der Waals surface area contributed by atoms with Crippen molar-refractivity contribution in [2.75, 3.05) is 7.11 Å². The lowest BCUT2D eigenvalue weighted by atomic mass is 10.0. The van der Waals surface area contributed by atoms with Gasteiger partial charge in [0.2, 0.25) is 0 Å². The van der Waals surface area contributed by atoms with E-state index >= 15 is 0 Å². The molecule has 1 saturated heterocycles. The summed E-state index contributed by atoms with van der Waals surface area (Å²) in [7, 11) is 1.60. The third-order valence-corrected chi connectivity index (χ3v) is 5.04. The van der Waals surface area contributed by atoms with E-state index in [-0.39, 0.29) is 12.5 Å². The normalized spacial score (nSPS) is 21.5. The van der Waals surface area contributed by atoms with Crippen molar-refractivity contribution in [3.63, 3.8) is 0 Å². The van der Waals surface area contributed by atoms with Gasteiger partial charge in [0.15, 0.2) is 0 Å². The topological polar surface area (TPSA) is 101 Å². The lowest BCUT2D eigenvalue weighted by Gasteiger charge is -2.32. The molecular weight excluding hydrogens is 454 g/mol. The minimum absolute atomic E-state index is 0.187. The average molecular weight is 494 g/mol. The van der Waals surface area contributed by atoms with Crippen molar-refractivity contribution in [2.24, 2.45) is 0 Å². The molecule has 0 N–H and O–H groups in total. The summed E-state index contributed by atoms with van der Waals surface area (Å²) in [5.74, 6) is 0.718. The minimum atomic E-state index is -1.18. The molecule has 1 aromatic rings. The van der Waals surface area contributed by atoms with E-state index in [0.717, 1.165) is 10.6 Å². The first-order chi connectivity index (χ1) is 16.2. The predicted molar refractivity (Wildman–Crippen MR) is 130 cm³/mol. The number of hydrogen-bond donors (Lipinski definition) is 0. The Morgan fingerprint density at radius 1 is 0.914 bits per heavy atom. The van der Waals surface area contributed by atoms with Crippen molar-refractivity contribution in [1.82, 2.24) is 4.90 Å². The number of hydrogen-bond acceptors (Lipinski definition) is 8. The van der Waals surface area contributed by atoms with E-state index in [1.165, 1.54) is 0 Å². The molecule has 196 valence electrons. The van der Waals surface area contributed by atoms with Crippen LogP contribution in [-0.2, 0) is 19.0 Å². The van der Waals surface area contributed by atoms with Gasteiger partial charge in [-0.15, -0.1) is 0 Å². The van der Waals surface area contributed by atoms with Crippen molar-refractivity contribution in [3.8, 4) is 11.5 Å². The number of carbonyl (C=O) groups is 3. The highest BCUT2D eigenvalue weighted by Crippen LogP contribution is 2.26. The van der Waals surface area contributed by atoms with Crippen LogP contribution in [0.1, 0.15) is 74.1 Å². The van der Waals surface area contributed by atoms with Crippen LogP contribution in [-0.4, -0.2) is 59.6 Å². The minimum Gasteiger partial charge on any atom is -0.497 e. The molecule has 0 aromatic heterocycles. The van der Waals surface area contributed by atoms with Gasteiger partial charge in [0.1, 0.15) is 41.0 Å². The summed E-state index contributed by atoms with van der Waals surface area (Å²) in [6.07, 6.45) is -0.865. The maximum absolute atomic E-state index is 13.1. The summed E-state index contributed by atoms with van der Waals surface area (Å²) < 4.78 is 27.8. The fraction of sp³-hybridized carbons (Fsp3) is 0.654. The molecule has 0 aliphatic carbocycles. The Kier molecular flexibility index (Phi) is 9.40. The Morgan fingerprint density at radius 2 is 1.43 bits per heavy atom. The molecule has 1 aliphatic rings. The van der Waals surface area contributed by atoms with Gasteiger partial charge in [-0.05, 0) is 92.0 Å². The molecule has 35 heavy (non-hydrogen) atoms. The molecule has 0 saturated carbocycles. The fourth-order valence-corrected chi connectivity index (χ4v) is 3.61. The molecule has 1 fully saturated rings. The van der Waals surface area contributed by atoms with Crippen LogP contribution < -0.4 is 9.47 Å². The van der Waals surface area contributed by atoms with E-state index in [0.29, 0.717) is 25.0 Å². The molecule has 0 spiro atoms. The van der Waals surface area contributed by atoms with E-state index in [1.54, 1.807) is 55.6 Å². The molecule has 2 rings (SSSR count). The third-order valence-electron chi connectivity index (χ3n) is 5.04. The summed E-state index contributed by atoms with van der Waals surface area (Å²) >= 11 is 0. The van der Waals surface area contributed by atoms with Gasteiger partial charge in [0.25, 0.3) is 0 Å². The average Bonchev–Trinajstić information content (AvgIpc) is 2.76. The van der Waals surface area contributed by atoms with Gasteiger partial charge in [0.05, 0.1) is 7.11 Å². The maximum atomic E-state index is 13.1. The van der Waals surface area contributed by atoms with E-state index < -0.39 is 41.5 Å². The van der Waals surface area contributed by atoms with Gasteiger partial charge in [-0.25, -0.2) is 14.4 Å². The summed E-state index contributed by atoms with van der Waals surface area (Å²) in [5.41, 5.74) is -1.74. The second-order valence-corrected chi connectivity index (χ2v) is 10.7. The summed E-state index contributed by atoms with van der Waals surface area (Å²) in [5, 5.41) is 0. The summed E-state index contributed by atoms with van der Waals surface area (Å²) in [6.45, 7) is 11.9. The van der Waals surface area contributed by atoms with Gasteiger partial charge in [-0.2, -0.15) is 4.90 Å². The SMILES string of the molecule is COc1ccc(OC2CCC[C@H](N(C(=O)OC(C)(C)C)C(=O)OC(C)(C)C)C(=O)OC(C)C2)cc1. The van der Waals surface area contributed by atoms with Crippen molar-refractivity contribution < 1.29 is 38.1 Å². The second-order valence-electron chi connectivity index (χ2n) is 10.7. The van der Waals surface area contributed by atoms with Crippen molar-refractivity contribution in [1.29, 1.82) is 0 Å². The van der Waals surface area contributed by atoms with Crippen molar-refractivity contribution >= 4 is 18.2 Å². The molecule has 0 bridgehead atoms. The van der Waals surface area contributed by atoms with Gasteiger partial charge >= 0.3 is 18.2 Å². The zero-order valence-electron chi connectivity index (χ0n) is 22.1. The molecule has 0 radical (unpaired) electrons. The molecule has 1 aromatic carbocycles. The molecule has 1 aliphatic heterocycles. The number of benzene rings is 1. The van der Waals surface area contributed by atoms with Crippen LogP contribution in [0.4, 0.5) is 9.59 Å². The number of ether oxygens (including phenoxy) is 5. The largest absolute Gasteiger partial charge is 0.497 e. The van der Waals surface area contributed by atoms with Crippen LogP contribution in [0.25, 0.3) is 0 Å². The lowest BCUT2D eigenvalue weighted by molar-refractivity contribution is -0.155. The highest BCUT2D eigenvalue weighted by molar-refractivity contribution is 5.94. The number of amides is 2. The Hall–Kier alpha value is -2.97. The van der Waals surface area contributed by atoms with Crippen LogP contribution >= 0.6 is 0 Å². The van der Waals surface area contributed by atoms with Crippen molar-refractivity contribution in [3.05, 3.63) is 24.3 Å². The fourth-order valence-electron chi connectivity index (χ4n) is 3.61. The Labute approximate surface area is 208 Å². The molecule has 1 heterocycles. The number of esters is 1. The molecule has 9 nitrogen and oxygen atoms in total. The monoisotopic (exact) mass is 493 g/mol. The molecule has 3 atom stereocenters. The third kappa shape index (κ3) is 9.30. The predicted octanol–water partition coefficient (Wildman–Crippen LogP) is 5.49. The molecule has 2 amide bonds.